The van der Waals surface area contributed by atoms with Gasteiger partial charge in [0.05, 0.1) is 0 Å². The molecule has 0 amide bonds. The standard InChI is InChI=1S/C13H23NS/c1-6-15(5,14-11(2)3)13-9-7-12(4)8-10-13/h7-11,14H,6H2,1-5H3. The molecule has 1 unspecified atom stereocenters. The Hall–Kier alpha value is -0.470. The molecular formula is C13H23NS. The monoisotopic (exact) mass is 225 g/mol. The Morgan fingerprint density at radius 1 is 1.20 bits per heavy atom. The molecule has 0 aromatic heterocycles. The first kappa shape index (κ1) is 12.6. The van der Waals surface area contributed by atoms with Gasteiger partial charge >= 0.3 is 0 Å². The van der Waals surface area contributed by atoms with Gasteiger partial charge in [-0.1, -0.05) is 24.6 Å². The quantitative estimate of drug-likeness (QED) is 0.823. The minimum atomic E-state index is -0.822. The summed E-state index contributed by atoms with van der Waals surface area (Å²) in [6.45, 7) is 8.84. The van der Waals surface area contributed by atoms with Gasteiger partial charge in [0.1, 0.15) is 0 Å². The van der Waals surface area contributed by atoms with Crippen LogP contribution >= 0.6 is 10.2 Å². The van der Waals surface area contributed by atoms with Crippen LogP contribution in [0.4, 0.5) is 0 Å². The van der Waals surface area contributed by atoms with Gasteiger partial charge in [-0.3, -0.25) is 4.72 Å². The second-order valence-corrected chi connectivity index (χ2v) is 7.92. The molecule has 86 valence electrons. The molecular weight excluding hydrogens is 202 g/mol. The van der Waals surface area contributed by atoms with Gasteiger partial charge in [-0.25, -0.2) is 0 Å². The Bertz CT molecular complexity index is 305. The third kappa shape index (κ3) is 3.25. The summed E-state index contributed by atoms with van der Waals surface area (Å²) in [6, 6.07) is 9.50. The van der Waals surface area contributed by atoms with E-state index >= 15 is 0 Å². The summed E-state index contributed by atoms with van der Waals surface area (Å²) in [7, 11) is -0.822. The van der Waals surface area contributed by atoms with Crippen LogP contribution in [0.2, 0.25) is 0 Å². The molecule has 1 nitrogen and oxygen atoms in total. The highest BCUT2D eigenvalue weighted by Gasteiger charge is 2.18. The number of hydrogen-bond donors (Lipinski definition) is 1. The molecule has 0 spiro atoms. The van der Waals surface area contributed by atoms with Crippen LogP contribution in [0.5, 0.6) is 0 Å². The van der Waals surface area contributed by atoms with E-state index in [2.05, 4.69) is 62.9 Å². The maximum absolute atomic E-state index is 3.72. The third-order valence-corrected chi connectivity index (χ3v) is 6.07. The van der Waals surface area contributed by atoms with Crippen LogP contribution in [0.3, 0.4) is 0 Å². The Balaban J connectivity index is 2.95. The molecule has 1 atom stereocenters. The highest BCUT2D eigenvalue weighted by molar-refractivity contribution is 8.31. The van der Waals surface area contributed by atoms with Crippen molar-refractivity contribution in [2.45, 2.75) is 38.6 Å². The fourth-order valence-corrected chi connectivity index (χ4v) is 4.09. The SMILES string of the molecule is CCS(C)(NC(C)C)c1ccc(C)cc1. The highest BCUT2D eigenvalue weighted by Crippen LogP contribution is 2.48. The zero-order chi connectivity index (χ0) is 11.5. The molecule has 0 aliphatic rings. The lowest BCUT2D eigenvalue weighted by molar-refractivity contribution is 0.759. The van der Waals surface area contributed by atoms with E-state index < -0.39 is 10.2 Å². The van der Waals surface area contributed by atoms with Gasteiger partial charge in [0.25, 0.3) is 0 Å². The summed E-state index contributed by atoms with van der Waals surface area (Å²) < 4.78 is 3.72. The lowest BCUT2D eigenvalue weighted by Gasteiger charge is -2.38. The van der Waals surface area contributed by atoms with Gasteiger partial charge in [0, 0.05) is 10.9 Å². The van der Waals surface area contributed by atoms with Crippen LogP contribution in [-0.4, -0.2) is 18.1 Å². The minimum absolute atomic E-state index is 0.547. The number of nitrogens with one attached hydrogen (secondary N) is 1. The summed E-state index contributed by atoms with van der Waals surface area (Å²) in [4.78, 5) is 1.46. The summed E-state index contributed by atoms with van der Waals surface area (Å²) in [5, 5.41) is 0. The second kappa shape index (κ2) is 5.04. The summed E-state index contributed by atoms with van der Waals surface area (Å²) in [5.41, 5.74) is 1.33. The van der Waals surface area contributed by atoms with Crippen LogP contribution in [0.15, 0.2) is 29.2 Å². The van der Waals surface area contributed by atoms with E-state index in [0.29, 0.717) is 6.04 Å². The molecule has 0 aliphatic heterocycles. The lowest BCUT2D eigenvalue weighted by Crippen LogP contribution is -2.28. The zero-order valence-corrected chi connectivity index (χ0v) is 11.3. The van der Waals surface area contributed by atoms with Crippen molar-refractivity contribution in [2.24, 2.45) is 0 Å². The maximum Gasteiger partial charge on any atom is 0.0103 e. The van der Waals surface area contributed by atoms with Crippen molar-refractivity contribution in [2.75, 3.05) is 12.0 Å². The Kier molecular flexibility index (Phi) is 4.23. The van der Waals surface area contributed by atoms with E-state index in [-0.39, 0.29) is 0 Å². The molecule has 0 aliphatic carbocycles. The first-order chi connectivity index (χ1) is 6.98. The maximum atomic E-state index is 3.72. The normalized spacial score (nSPS) is 17.5. The Morgan fingerprint density at radius 3 is 2.13 bits per heavy atom. The van der Waals surface area contributed by atoms with Crippen LogP contribution in [0.1, 0.15) is 26.3 Å². The number of aryl methyl sites for hydroxylation is 1. The summed E-state index contributed by atoms with van der Waals surface area (Å²) in [6.07, 6.45) is 2.36. The average Bonchev–Trinajstić information content (AvgIpc) is 2.17. The second-order valence-electron chi connectivity index (χ2n) is 4.46. The van der Waals surface area contributed by atoms with Gasteiger partial charge in [-0.05, 0) is 44.9 Å². The number of rotatable bonds is 4. The fourth-order valence-electron chi connectivity index (χ4n) is 1.68. The van der Waals surface area contributed by atoms with Crippen molar-refractivity contribution in [1.29, 1.82) is 0 Å². The molecule has 1 aromatic carbocycles. The van der Waals surface area contributed by atoms with Gasteiger partial charge in [-0.15, -0.1) is 0 Å². The molecule has 15 heavy (non-hydrogen) atoms. The van der Waals surface area contributed by atoms with E-state index in [9.17, 15) is 0 Å². The molecule has 1 aromatic rings. The topological polar surface area (TPSA) is 12.0 Å². The molecule has 0 bridgehead atoms. The summed E-state index contributed by atoms with van der Waals surface area (Å²) in [5.74, 6) is 1.19. The molecule has 0 saturated carbocycles. The fraction of sp³-hybridized carbons (Fsp3) is 0.538. The first-order valence-corrected chi connectivity index (χ1v) is 7.79. The van der Waals surface area contributed by atoms with E-state index in [0.717, 1.165) is 0 Å². The van der Waals surface area contributed by atoms with Gasteiger partial charge < -0.3 is 0 Å². The molecule has 1 N–H and O–H groups in total. The summed E-state index contributed by atoms with van der Waals surface area (Å²) >= 11 is 0. The van der Waals surface area contributed by atoms with E-state index in [1.807, 2.05) is 0 Å². The first-order valence-electron chi connectivity index (χ1n) is 5.58. The van der Waals surface area contributed by atoms with Crippen LogP contribution in [-0.2, 0) is 0 Å². The van der Waals surface area contributed by atoms with Crippen LogP contribution in [0, 0.1) is 6.92 Å². The Morgan fingerprint density at radius 2 is 1.73 bits per heavy atom. The van der Waals surface area contributed by atoms with Crippen molar-refractivity contribution in [3.05, 3.63) is 29.8 Å². The van der Waals surface area contributed by atoms with Gasteiger partial charge in [0.2, 0.25) is 0 Å². The molecule has 1 rings (SSSR count). The molecule has 0 radical (unpaired) electrons. The van der Waals surface area contributed by atoms with Crippen molar-refractivity contribution < 1.29 is 0 Å². The highest BCUT2D eigenvalue weighted by atomic mass is 32.3. The van der Waals surface area contributed by atoms with Gasteiger partial charge in [-0.2, -0.15) is 10.2 Å². The van der Waals surface area contributed by atoms with Crippen LogP contribution < -0.4 is 4.72 Å². The van der Waals surface area contributed by atoms with E-state index in [1.165, 1.54) is 16.2 Å². The molecule has 0 heterocycles. The number of hydrogen-bond acceptors (Lipinski definition) is 1. The number of benzene rings is 1. The zero-order valence-electron chi connectivity index (χ0n) is 10.5. The molecule has 2 heteroatoms. The van der Waals surface area contributed by atoms with Gasteiger partial charge in [0.15, 0.2) is 0 Å². The van der Waals surface area contributed by atoms with Crippen molar-refractivity contribution in [3.63, 3.8) is 0 Å². The van der Waals surface area contributed by atoms with E-state index in [1.54, 1.807) is 0 Å². The lowest BCUT2D eigenvalue weighted by atomic mass is 10.2. The largest absolute Gasteiger partial charge is 0.275 e. The van der Waals surface area contributed by atoms with Crippen LogP contribution in [0.25, 0.3) is 0 Å². The van der Waals surface area contributed by atoms with E-state index in [4.69, 9.17) is 0 Å². The average molecular weight is 225 g/mol. The smallest absolute Gasteiger partial charge is 0.0103 e. The van der Waals surface area contributed by atoms with Crippen molar-refractivity contribution in [3.8, 4) is 0 Å². The predicted octanol–water partition coefficient (Wildman–Crippen LogP) is 3.72. The van der Waals surface area contributed by atoms with Crippen molar-refractivity contribution >= 4 is 10.2 Å². The van der Waals surface area contributed by atoms with Crippen molar-refractivity contribution in [1.82, 2.24) is 4.72 Å². The Labute approximate surface area is 95.7 Å². The third-order valence-electron chi connectivity index (χ3n) is 2.61. The molecule has 0 saturated heterocycles. The molecule has 0 fully saturated rings. The minimum Gasteiger partial charge on any atom is -0.275 e. The predicted molar refractivity (Wildman–Crippen MR) is 71.8 cm³/mol.